The van der Waals surface area contributed by atoms with Gasteiger partial charge in [0.2, 0.25) is 0 Å². The van der Waals surface area contributed by atoms with Gasteiger partial charge in [-0.15, -0.1) is 48.6 Å². The molecule has 5 heterocycles. The zero-order valence-electron chi connectivity index (χ0n) is 19.8. The number of hydrogen-bond acceptors (Lipinski definition) is 9. The summed E-state index contributed by atoms with van der Waals surface area (Å²) in [6, 6.07) is 12.7. The van der Waals surface area contributed by atoms with Crippen molar-refractivity contribution < 1.29 is 4.84 Å². The van der Waals surface area contributed by atoms with Gasteiger partial charge >= 0.3 is 0 Å². The molecule has 196 valence electrons. The summed E-state index contributed by atoms with van der Waals surface area (Å²) in [5.74, 6) is 3.07. The molecule has 0 aliphatic carbocycles. The van der Waals surface area contributed by atoms with E-state index in [9.17, 15) is 0 Å². The van der Waals surface area contributed by atoms with Gasteiger partial charge in [0.1, 0.15) is 5.82 Å². The Morgan fingerprint density at radius 1 is 1.03 bits per heavy atom. The van der Waals surface area contributed by atoms with Gasteiger partial charge in [0.15, 0.2) is 15.9 Å². The number of anilines is 1. The highest BCUT2D eigenvalue weighted by atomic mass is 35.5. The molecule has 0 radical (unpaired) electrons. The number of nitrogens with one attached hydrogen (secondary N) is 2. The van der Waals surface area contributed by atoms with Crippen molar-refractivity contribution >= 4 is 87.2 Å². The lowest BCUT2D eigenvalue weighted by Crippen LogP contribution is -2.47. The van der Waals surface area contributed by atoms with Crippen molar-refractivity contribution in [3.8, 4) is 5.75 Å². The zero-order chi connectivity index (χ0) is 22.0. The summed E-state index contributed by atoms with van der Waals surface area (Å²) in [6.07, 6.45) is 2.16. The number of hydrogen-bond donors (Lipinski definition) is 2. The smallest absolute Gasteiger partial charge is 0.196 e. The minimum atomic E-state index is 0. The van der Waals surface area contributed by atoms with Gasteiger partial charge in [0.05, 0.1) is 5.52 Å². The fraction of sp³-hybridized carbons (Fsp3) is 0.417. The molecule has 0 bridgehead atoms. The van der Waals surface area contributed by atoms with E-state index >= 15 is 0 Å². The van der Waals surface area contributed by atoms with Crippen LogP contribution in [0.4, 0.5) is 10.8 Å². The molecule has 36 heavy (non-hydrogen) atoms. The lowest BCUT2D eigenvalue weighted by molar-refractivity contribution is 0.258. The molecule has 0 saturated carbocycles. The molecule has 3 aromatic rings. The fourth-order valence-corrected chi connectivity index (χ4v) is 6.53. The first-order chi connectivity index (χ1) is 16.3. The maximum Gasteiger partial charge on any atom is 0.196 e. The molecule has 1 aromatic carbocycles. The number of piperazine rings is 1. The molecule has 0 spiro atoms. The second kappa shape index (κ2) is 13.4. The van der Waals surface area contributed by atoms with Gasteiger partial charge in [-0.05, 0) is 44.1 Å². The number of fused-ring (bicyclic) bond motifs is 4. The van der Waals surface area contributed by atoms with Crippen molar-refractivity contribution in [2.75, 3.05) is 49.9 Å². The number of benzene rings is 1. The molecule has 6 rings (SSSR count). The van der Waals surface area contributed by atoms with Crippen molar-refractivity contribution in [3.05, 3.63) is 46.8 Å². The van der Waals surface area contributed by atoms with Gasteiger partial charge in [-0.2, -0.15) is 5.48 Å². The number of pyridine rings is 1. The van der Waals surface area contributed by atoms with Crippen LogP contribution in [0.3, 0.4) is 0 Å². The van der Waals surface area contributed by atoms with Crippen molar-refractivity contribution in [2.45, 2.75) is 19.4 Å². The molecule has 1 saturated heterocycles. The molecular weight excluding hydrogens is 559 g/mol. The third-order valence-corrected chi connectivity index (χ3v) is 8.49. The van der Waals surface area contributed by atoms with Gasteiger partial charge in [-0.25, -0.2) is 9.98 Å². The molecule has 3 aliphatic rings. The van der Waals surface area contributed by atoms with Crippen LogP contribution in [0.5, 0.6) is 5.75 Å². The van der Waals surface area contributed by atoms with Crippen LogP contribution >= 0.6 is 60.3 Å². The van der Waals surface area contributed by atoms with Crippen molar-refractivity contribution in [1.82, 2.24) is 20.7 Å². The van der Waals surface area contributed by atoms with E-state index in [2.05, 4.69) is 57.0 Å². The SMILES string of the molecule is Cl.Cl.Cl.c1ccc2nc(N3CCN(CCCSC4=Nc5sc6c(c5ON4)CCNC6)CC3)ccc2c1. The standard InChI is InChI=1S/C24H28N6OS2.3ClH/c1-2-5-19-17(4-1)6-7-21(26-19)30-13-11-29(12-14-30)10-3-15-32-24-27-23-22(31-28-24)18-8-9-25-16-20(18)33-23;;;/h1-2,4-7,25H,3,8-16H2,(H,27,28);3*1H. The number of para-hydroxylation sites is 1. The molecule has 1 fully saturated rings. The van der Waals surface area contributed by atoms with Crippen LogP contribution in [-0.4, -0.2) is 60.1 Å². The Bertz CT molecular complexity index is 1190. The summed E-state index contributed by atoms with van der Waals surface area (Å²) < 4.78 is 0. The lowest BCUT2D eigenvalue weighted by Gasteiger charge is -2.35. The van der Waals surface area contributed by atoms with Gasteiger partial charge in [0, 0.05) is 54.3 Å². The number of nitrogens with zero attached hydrogens (tertiary/aromatic N) is 4. The highest BCUT2D eigenvalue weighted by Crippen LogP contribution is 2.45. The number of aliphatic imine (C=N–C) groups is 1. The van der Waals surface area contributed by atoms with E-state index in [1.165, 1.54) is 15.8 Å². The molecule has 0 unspecified atom stereocenters. The first-order valence-electron chi connectivity index (χ1n) is 11.7. The average Bonchev–Trinajstić information content (AvgIpc) is 3.24. The van der Waals surface area contributed by atoms with Crippen LogP contribution in [0.25, 0.3) is 10.9 Å². The van der Waals surface area contributed by atoms with E-state index in [0.29, 0.717) is 0 Å². The monoisotopic (exact) mass is 588 g/mol. The van der Waals surface area contributed by atoms with Crippen LogP contribution in [0, 0.1) is 0 Å². The molecule has 0 amide bonds. The highest BCUT2D eigenvalue weighted by molar-refractivity contribution is 8.13. The Hall–Kier alpha value is -1.46. The summed E-state index contributed by atoms with van der Waals surface area (Å²) in [4.78, 5) is 21.9. The Labute approximate surface area is 238 Å². The Balaban J connectivity index is 0.00000120. The fourth-order valence-electron chi connectivity index (χ4n) is 4.63. The van der Waals surface area contributed by atoms with E-state index in [1.807, 2.05) is 0 Å². The van der Waals surface area contributed by atoms with Crippen LogP contribution in [0.2, 0.25) is 0 Å². The predicted molar refractivity (Wildman–Crippen MR) is 160 cm³/mol. The third-order valence-electron chi connectivity index (χ3n) is 6.44. The molecule has 7 nitrogen and oxygen atoms in total. The topological polar surface area (TPSA) is 65.0 Å². The van der Waals surface area contributed by atoms with Crippen LogP contribution in [0.15, 0.2) is 41.4 Å². The van der Waals surface area contributed by atoms with E-state index in [4.69, 9.17) is 14.8 Å². The number of thiophene rings is 1. The van der Waals surface area contributed by atoms with E-state index in [-0.39, 0.29) is 37.2 Å². The normalized spacial score (nSPS) is 16.8. The second-order valence-corrected chi connectivity index (χ2v) is 10.7. The van der Waals surface area contributed by atoms with E-state index < -0.39 is 0 Å². The number of thioether (sulfide) groups is 1. The number of amidine groups is 1. The first-order valence-corrected chi connectivity index (χ1v) is 13.5. The Morgan fingerprint density at radius 2 is 1.86 bits per heavy atom. The lowest BCUT2D eigenvalue weighted by atomic mass is 10.1. The molecular formula is C24H31Cl3N6OS2. The highest BCUT2D eigenvalue weighted by Gasteiger charge is 2.25. The quantitative estimate of drug-likeness (QED) is 0.405. The van der Waals surface area contributed by atoms with Gasteiger partial charge in [0.25, 0.3) is 0 Å². The summed E-state index contributed by atoms with van der Waals surface area (Å²) in [6.45, 7) is 7.28. The molecule has 12 heteroatoms. The first kappa shape index (κ1) is 29.1. The molecule has 3 aliphatic heterocycles. The van der Waals surface area contributed by atoms with Crippen molar-refractivity contribution in [1.29, 1.82) is 0 Å². The minimum absolute atomic E-state index is 0. The van der Waals surface area contributed by atoms with Gasteiger partial charge in [-0.1, -0.05) is 30.0 Å². The number of halogens is 3. The van der Waals surface area contributed by atoms with Crippen molar-refractivity contribution in [2.24, 2.45) is 4.99 Å². The van der Waals surface area contributed by atoms with Gasteiger partial charge < -0.3 is 15.1 Å². The minimum Gasteiger partial charge on any atom is -0.377 e. The van der Waals surface area contributed by atoms with Crippen LogP contribution in [-0.2, 0) is 13.0 Å². The maximum atomic E-state index is 5.86. The number of hydroxylamine groups is 1. The molecule has 0 atom stereocenters. The van der Waals surface area contributed by atoms with Crippen LogP contribution in [0.1, 0.15) is 16.9 Å². The summed E-state index contributed by atoms with van der Waals surface area (Å²) in [7, 11) is 0. The largest absolute Gasteiger partial charge is 0.377 e. The Kier molecular flexibility index (Phi) is 10.8. The number of aromatic nitrogens is 1. The maximum absolute atomic E-state index is 5.86. The van der Waals surface area contributed by atoms with E-state index in [0.717, 1.165) is 91.7 Å². The average molecular weight is 590 g/mol. The predicted octanol–water partition coefficient (Wildman–Crippen LogP) is 5.04. The summed E-state index contributed by atoms with van der Waals surface area (Å²) in [5, 5.41) is 6.52. The van der Waals surface area contributed by atoms with Crippen molar-refractivity contribution in [3.63, 3.8) is 0 Å². The summed E-state index contributed by atoms with van der Waals surface area (Å²) >= 11 is 3.51. The number of rotatable bonds is 5. The summed E-state index contributed by atoms with van der Waals surface area (Å²) in [5.41, 5.74) is 5.46. The second-order valence-electron chi connectivity index (χ2n) is 8.58. The van der Waals surface area contributed by atoms with E-state index in [1.54, 1.807) is 23.1 Å². The zero-order valence-corrected chi connectivity index (χ0v) is 23.9. The third kappa shape index (κ3) is 6.32. The van der Waals surface area contributed by atoms with Crippen LogP contribution < -0.4 is 20.5 Å². The molecule has 2 N–H and O–H groups in total. The van der Waals surface area contributed by atoms with Gasteiger partial charge in [-0.3, -0.25) is 4.90 Å². The molecule has 2 aromatic heterocycles. The Morgan fingerprint density at radius 3 is 2.72 bits per heavy atom.